The third-order valence-electron chi connectivity index (χ3n) is 4.24. The van der Waals surface area contributed by atoms with Crippen molar-refractivity contribution in [3.8, 4) is 17.2 Å². The van der Waals surface area contributed by atoms with Gasteiger partial charge in [-0.2, -0.15) is 0 Å². The standard InChI is InChI=1S/C23H38O5/c1-5-9-13-25-20-17-19(23(24)28-16-12-8-4)18-21(26-14-10-6-2)22(20)27-15-11-7-3/h17-18H,5-16H2,1-4H3. The molecule has 0 saturated heterocycles. The Labute approximate surface area is 170 Å². The number of esters is 1. The molecule has 0 saturated carbocycles. The zero-order valence-electron chi connectivity index (χ0n) is 18.2. The summed E-state index contributed by atoms with van der Waals surface area (Å²) in [6.07, 6.45) is 7.76. The van der Waals surface area contributed by atoms with Gasteiger partial charge in [0.15, 0.2) is 11.5 Å². The predicted molar refractivity (Wildman–Crippen MR) is 113 cm³/mol. The minimum absolute atomic E-state index is 0.353. The first-order valence-electron chi connectivity index (χ1n) is 10.9. The molecule has 0 bridgehead atoms. The van der Waals surface area contributed by atoms with Crippen molar-refractivity contribution in [2.45, 2.75) is 79.1 Å². The van der Waals surface area contributed by atoms with E-state index in [1.165, 1.54) is 0 Å². The van der Waals surface area contributed by atoms with E-state index in [0.29, 0.717) is 49.2 Å². The van der Waals surface area contributed by atoms with Crippen molar-refractivity contribution in [1.29, 1.82) is 0 Å². The molecule has 0 aliphatic carbocycles. The number of carbonyl (C=O) groups is 1. The summed E-state index contributed by atoms with van der Waals surface area (Å²) in [6.45, 7) is 10.6. The summed E-state index contributed by atoms with van der Waals surface area (Å²) in [5.74, 6) is 1.35. The molecule has 0 atom stereocenters. The number of hydrogen-bond donors (Lipinski definition) is 0. The average Bonchev–Trinajstić information content (AvgIpc) is 2.70. The maximum absolute atomic E-state index is 12.5. The molecule has 0 amide bonds. The van der Waals surface area contributed by atoms with E-state index in [9.17, 15) is 4.79 Å². The summed E-state index contributed by atoms with van der Waals surface area (Å²) in [6, 6.07) is 3.44. The lowest BCUT2D eigenvalue weighted by atomic mass is 10.1. The second-order valence-corrected chi connectivity index (χ2v) is 6.90. The van der Waals surface area contributed by atoms with Gasteiger partial charge < -0.3 is 18.9 Å². The molecule has 0 radical (unpaired) electrons. The van der Waals surface area contributed by atoms with E-state index in [0.717, 1.165) is 51.4 Å². The highest BCUT2D eigenvalue weighted by Gasteiger charge is 2.19. The maximum atomic E-state index is 12.5. The monoisotopic (exact) mass is 394 g/mol. The molecule has 28 heavy (non-hydrogen) atoms. The van der Waals surface area contributed by atoms with Crippen LogP contribution < -0.4 is 14.2 Å². The van der Waals surface area contributed by atoms with Crippen LogP contribution in [0.4, 0.5) is 0 Å². The topological polar surface area (TPSA) is 54.0 Å². The first-order chi connectivity index (χ1) is 13.7. The summed E-state index contributed by atoms with van der Waals surface area (Å²) in [5.41, 5.74) is 0.442. The summed E-state index contributed by atoms with van der Waals surface area (Å²) >= 11 is 0. The molecule has 0 heterocycles. The van der Waals surface area contributed by atoms with Gasteiger partial charge in [-0.25, -0.2) is 4.79 Å². The van der Waals surface area contributed by atoms with Crippen molar-refractivity contribution in [2.75, 3.05) is 26.4 Å². The van der Waals surface area contributed by atoms with Gasteiger partial charge in [0.1, 0.15) is 0 Å². The normalized spacial score (nSPS) is 10.6. The van der Waals surface area contributed by atoms with Gasteiger partial charge in [-0.15, -0.1) is 0 Å². The van der Waals surface area contributed by atoms with Crippen LogP contribution in [0.15, 0.2) is 12.1 Å². The van der Waals surface area contributed by atoms with E-state index in [2.05, 4.69) is 27.7 Å². The maximum Gasteiger partial charge on any atom is 0.338 e. The van der Waals surface area contributed by atoms with Gasteiger partial charge in [0.05, 0.1) is 32.0 Å². The Balaban J connectivity index is 3.12. The van der Waals surface area contributed by atoms with Gasteiger partial charge in [0, 0.05) is 0 Å². The van der Waals surface area contributed by atoms with Gasteiger partial charge >= 0.3 is 5.97 Å². The Morgan fingerprint density at radius 3 is 1.57 bits per heavy atom. The summed E-state index contributed by atoms with van der Waals surface area (Å²) in [5, 5.41) is 0. The minimum Gasteiger partial charge on any atom is -0.490 e. The Kier molecular flexibility index (Phi) is 13.0. The molecular formula is C23H38O5. The summed E-state index contributed by atoms with van der Waals surface area (Å²) in [4.78, 5) is 12.5. The third kappa shape index (κ3) is 8.85. The van der Waals surface area contributed by atoms with Crippen molar-refractivity contribution in [1.82, 2.24) is 0 Å². The van der Waals surface area contributed by atoms with Gasteiger partial charge in [-0.3, -0.25) is 0 Å². The third-order valence-corrected chi connectivity index (χ3v) is 4.24. The molecule has 160 valence electrons. The van der Waals surface area contributed by atoms with Crippen LogP contribution in [-0.2, 0) is 4.74 Å². The number of carbonyl (C=O) groups excluding carboxylic acids is 1. The molecule has 0 aliphatic rings. The number of unbranched alkanes of at least 4 members (excludes halogenated alkanes) is 4. The number of hydrogen-bond acceptors (Lipinski definition) is 5. The fourth-order valence-corrected chi connectivity index (χ4v) is 2.42. The minimum atomic E-state index is -0.353. The molecule has 1 rings (SSSR count). The van der Waals surface area contributed by atoms with Crippen LogP contribution in [0.2, 0.25) is 0 Å². The highest BCUT2D eigenvalue weighted by molar-refractivity contribution is 5.91. The largest absolute Gasteiger partial charge is 0.490 e. The Morgan fingerprint density at radius 1 is 0.679 bits per heavy atom. The van der Waals surface area contributed by atoms with E-state index < -0.39 is 0 Å². The van der Waals surface area contributed by atoms with Crippen LogP contribution in [-0.4, -0.2) is 32.4 Å². The van der Waals surface area contributed by atoms with E-state index in [-0.39, 0.29) is 5.97 Å². The number of rotatable bonds is 16. The smallest absolute Gasteiger partial charge is 0.338 e. The quantitative estimate of drug-likeness (QED) is 0.247. The Morgan fingerprint density at radius 2 is 1.11 bits per heavy atom. The molecular weight excluding hydrogens is 356 g/mol. The number of benzene rings is 1. The van der Waals surface area contributed by atoms with Gasteiger partial charge in [-0.05, 0) is 37.8 Å². The van der Waals surface area contributed by atoms with Crippen molar-refractivity contribution in [3.05, 3.63) is 17.7 Å². The Bertz CT molecular complexity index is 525. The van der Waals surface area contributed by atoms with Crippen molar-refractivity contribution >= 4 is 5.97 Å². The summed E-state index contributed by atoms with van der Waals surface area (Å²) in [7, 11) is 0. The zero-order chi connectivity index (χ0) is 20.6. The number of ether oxygens (including phenoxy) is 4. The van der Waals surface area contributed by atoms with Crippen molar-refractivity contribution in [2.24, 2.45) is 0 Å². The lowest BCUT2D eigenvalue weighted by Crippen LogP contribution is -2.10. The van der Waals surface area contributed by atoms with Crippen LogP contribution >= 0.6 is 0 Å². The van der Waals surface area contributed by atoms with Crippen LogP contribution in [0, 0.1) is 0 Å². The first-order valence-corrected chi connectivity index (χ1v) is 10.9. The van der Waals surface area contributed by atoms with Gasteiger partial charge in [0.25, 0.3) is 0 Å². The second kappa shape index (κ2) is 15.1. The fourth-order valence-electron chi connectivity index (χ4n) is 2.42. The first kappa shape index (κ1) is 24.1. The lowest BCUT2D eigenvalue weighted by Gasteiger charge is -2.18. The fraction of sp³-hybridized carbons (Fsp3) is 0.696. The van der Waals surface area contributed by atoms with Crippen LogP contribution in [0.1, 0.15) is 89.4 Å². The van der Waals surface area contributed by atoms with Crippen LogP contribution in [0.3, 0.4) is 0 Å². The predicted octanol–water partition coefficient (Wildman–Crippen LogP) is 6.18. The zero-order valence-corrected chi connectivity index (χ0v) is 18.2. The molecule has 0 aromatic heterocycles. The molecule has 0 unspecified atom stereocenters. The lowest BCUT2D eigenvalue weighted by molar-refractivity contribution is 0.0498. The molecule has 5 heteroatoms. The second-order valence-electron chi connectivity index (χ2n) is 6.90. The Hall–Kier alpha value is -1.91. The average molecular weight is 395 g/mol. The molecule has 0 spiro atoms. The van der Waals surface area contributed by atoms with E-state index >= 15 is 0 Å². The molecule has 0 N–H and O–H groups in total. The molecule has 1 aromatic carbocycles. The van der Waals surface area contributed by atoms with E-state index in [4.69, 9.17) is 18.9 Å². The van der Waals surface area contributed by atoms with Crippen LogP contribution in [0.25, 0.3) is 0 Å². The molecule has 0 fully saturated rings. The van der Waals surface area contributed by atoms with E-state index in [1.54, 1.807) is 12.1 Å². The summed E-state index contributed by atoms with van der Waals surface area (Å²) < 4.78 is 23.3. The van der Waals surface area contributed by atoms with Crippen LogP contribution in [0.5, 0.6) is 17.2 Å². The van der Waals surface area contributed by atoms with Crippen molar-refractivity contribution < 1.29 is 23.7 Å². The molecule has 0 aliphatic heterocycles. The molecule has 1 aromatic rings. The van der Waals surface area contributed by atoms with Crippen molar-refractivity contribution in [3.63, 3.8) is 0 Å². The highest BCUT2D eigenvalue weighted by atomic mass is 16.5. The van der Waals surface area contributed by atoms with Gasteiger partial charge in [-0.1, -0.05) is 53.4 Å². The van der Waals surface area contributed by atoms with E-state index in [1.807, 2.05) is 0 Å². The molecule has 5 nitrogen and oxygen atoms in total. The highest BCUT2D eigenvalue weighted by Crippen LogP contribution is 2.39. The SMILES string of the molecule is CCCCOC(=O)c1cc(OCCCC)c(OCCCC)c(OCCCC)c1. The van der Waals surface area contributed by atoms with Gasteiger partial charge in [0.2, 0.25) is 5.75 Å².